The van der Waals surface area contributed by atoms with E-state index in [1.54, 1.807) is 0 Å². The Balaban J connectivity index is 1.14. The summed E-state index contributed by atoms with van der Waals surface area (Å²) in [7, 11) is 0. The first-order valence-electron chi connectivity index (χ1n) is 21.6. The number of furan rings is 1. The van der Waals surface area contributed by atoms with Gasteiger partial charge in [0.2, 0.25) is 0 Å². The molecule has 3 heterocycles. The van der Waals surface area contributed by atoms with Crippen molar-refractivity contribution in [2.24, 2.45) is 0 Å². The van der Waals surface area contributed by atoms with Gasteiger partial charge in [0.1, 0.15) is 11.2 Å². The van der Waals surface area contributed by atoms with Gasteiger partial charge < -0.3 is 8.98 Å². The quantitative estimate of drug-likeness (QED) is 0.168. The molecule has 64 heavy (non-hydrogen) atoms. The lowest BCUT2D eigenvalue weighted by Crippen LogP contribution is -2.04. The predicted molar refractivity (Wildman–Crippen MR) is 264 cm³/mol. The fraction of sp³-hybridized carbons (Fsp3) is 0. The van der Waals surface area contributed by atoms with Crippen molar-refractivity contribution < 1.29 is 4.42 Å². The maximum absolute atomic E-state index is 6.80. The first-order chi connectivity index (χ1) is 31.7. The highest BCUT2D eigenvalue weighted by atomic mass is 16.3. The SMILES string of the molecule is c1ccc(-c2ccc(-c3nc(-c4cccc(-c5ccccc5)c4)nc(-c4c(-n5c6ccccc6c6cc7ccccc7cc65)ccc5oc6cc7ccccc7cc6c45)n3)cc2)cc1. The molecule has 0 radical (unpaired) electrons. The summed E-state index contributed by atoms with van der Waals surface area (Å²) in [6, 6.07) is 76.9. The molecule has 0 saturated carbocycles. The molecular formula is C59H36N4O. The number of benzene rings is 10. The number of aromatic nitrogens is 4. The Kier molecular flexibility index (Phi) is 8.15. The summed E-state index contributed by atoms with van der Waals surface area (Å²) in [5, 5.41) is 8.91. The Morgan fingerprint density at radius 3 is 1.58 bits per heavy atom. The molecule has 13 rings (SSSR count). The molecule has 3 aromatic heterocycles. The summed E-state index contributed by atoms with van der Waals surface area (Å²) >= 11 is 0. The molecule has 0 amide bonds. The molecule has 298 valence electrons. The Labute approximate surface area is 368 Å². The van der Waals surface area contributed by atoms with E-state index >= 15 is 0 Å². The minimum Gasteiger partial charge on any atom is -0.456 e. The third kappa shape index (κ3) is 5.90. The van der Waals surface area contributed by atoms with Crippen molar-refractivity contribution in [1.29, 1.82) is 0 Å². The molecule has 0 aliphatic heterocycles. The zero-order valence-electron chi connectivity index (χ0n) is 34.5. The van der Waals surface area contributed by atoms with Gasteiger partial charge >= 0.3 is 0 Å². The molecule has 0 aliphatic carbocycles. The summed E-state index contributed by atoms with van der Waals surface area (Å²) in [6.07, 6.45) is 0. The van der Waals surface area contributed by atoms with E-state index in [4.69, 9.17) is 19.4 Å². The fourth-order valence-corrected chi connectivity index (χ4v) is 9.53. The first kappa shape index (κ1) is 36.0. The summed E-state index contributed by atoms with van der Waals surface area (Å²) in [4.78, 5) is 16.3. The second-order valence-electron chi connectivity index (χ2n) is 16.4. The predicted octanol–water partition coefficient (Wildman–Crippen LogP) is 15.5. The zero-order chi connectivity index (χ0) is 42.1. The maximum Gasteiger partial charge on any atom is 0.166 e. The Morgan fingerprint density at radius 1 is 0.312 bits per heavy atom. The van der Waals surface area contributed by atoms with Gasteiger partial charge in [0.15, 0.2) is 17.5 Å². The van der Waals surface area contributed by atoms with Crippen LogP contribution in [0.4, 0.5) is 0 Å². The number of hydrogen-bond donors (Lipinski definition) is 0. The third-order valence-corrected chi connectivity index (χ3v) is 12.6. The van der Waals surface area contributed by atoms with Crippen LogP contribution in [0.15, 0.2) is 223 Å². The van der Waals surface area contributed by atoms with Crippen molar-refractivity contribution in [2.45, 2.75) is 0 Å². The smallest absolute Gasteiger partial charge is 0.166 e. The number of para-hydroxylation sites is 1. The third-order valence-electron chi connectivity index (χ3n) is 12.6. The molecule has 0 spiro atoms. The van der Waals surface area contributed by atoms with Crippen molar-refractivity contribution in [3.05, 3.63) is 218 Å². The van der Waals surface area contributed by atoms with Crippen LogP contribution in [0.1, 0.15) is 0 Å². The second kappa shape index (κ2) is 14.5. The van der Waals surface area contributed by atoms with E-state index in [1.807, 2.05) is 12.1 Å². The van der Waals surface area contributed by atoms with Crippen molar-refractivity contribution in [1.82, 2.24) is 19.5 Å². The van der Waals surface area contributed by atoms with E-state index in [2.05, 4.69) is 211 Å². The van der Waals surface area contributed by atoms with Gasteiger partial charge in [-0.05, 0) is 92.3 Å². The molecule has 0 N–H and O–H groups in total. The zero-order valence-corrected chi connectivity index (χ0v) is 34.5. The number of fused-ring (bicyclic) bond motifs is 8. The molecule has 0 fully saturated rings. The van der Waals surface area contributed by atoms with Gasteiger partial charge in [0.05, 0.1) is 22.3 Å². The van der Waals surface area contributed by atoms with Crippen LogP contribution in [-0.2, 0) is 0 Å². The molecule has 0 saturated heterocycles. The van der Waals surface area contributed by atoms with E-state index in [1.165, 1.54) is 21.5 Å². The van der Waals surface area contributed by atoms with Crippen LogP contribution in [0.2, 0.25) is 0 Å². The Hall–Kier alpha value is -8.67. The minimum absolute atomic E-state index is 0.556. The van der Waals surface area contributed by atoms with Crippen molar-refractivity contribution in [3.63, 3.8) is 0 Å². The van der Waals surface area contributed by atoms with Crippen molar-refractivity contribution in [2.75, 3.05) is 0 Å². The summed E-state index contributed by atoms with van der Waals surface area (Å²) in [5.41, 5.74) is 11.8. The Bertz CT molecular complexity index is 3940. The van der Waals surface area contributed by atoms with Crippen molar-refractivity contribution in [3.8, 4) is 62.1 Å². The van der Waals surface area contributed by atoms with Crippen molar-refractivity contribution >= 4 is 65.3 Å². The Morgan fingerprint density at radius 2 is 0.844 bits per heavy atom. The molecule has 0 bridgehead atoms. The van der Waals surface area contributed by atoms with E-state index in [0.717, 1.165) is 88.4 Å². The van der Waals surface area contributed by atoms with Crippen LogP contribution >= 0.6 is 0 Å². The molecule has 0 atom stereocenters. The number of nitrogens with zero attached hydrogens (tertiary/aromatic N) is 4. The molecule has 13 aromatic rings. The lowest BCUT2D eigenvalue weighted by Gasteiger charge is -2.16. The first-order valence-corrected chi connectivity index (χ1v) is 21.6. The summed E-state index contributed by atoms with van der Waals surface area (Å²) in [5.74, 6) is 1.72. The van der Waals surface area contributed by atoms with Crippen LogP contribution < -0.4 is 0 Å². The van der Waals surface area contributed by atoms with Gasteiger partial charge in [0, 0.05) is 32.7 Å². The molecule has 10 aromatic carbocycles. The van der Waals surface area contributed by atoms with E-state index < -0.39 is 0 Å². The van der Waals surface area contributed by atoms with Crippen LogP contribution in [0.25, 0.3) is 127 Å². The standard InChI is InChI=1S/C59H36N4O/c1-3-14-37(15-4-1)39-26-28-40(29-27-39)57-60-58(46-23-13-22-41(32-46)38-16-5-2-6-17-38)62-59(61-57)56-51(30-31-53-55(56)49-34-43-19-8-10-21-45(43)36-54(49)64-53)63-50-25-12-11-24-47(50)48-33-42-18-7-9-20-44(42)35-52(48)63/h1-36H. The highest BCUT2D eigenvalue weighted by molar-refractivity contribution is 6.19. The number of rotatable bonds is 6. The topological polar surface area (TPSA) is 56.7 Å². The van der Waals surface area contributed by atoms with Crippen LogP contribution in [0.3, 0.4) is 0 Å². The second-order valence-corrected chi connectivity index (χ2v) is 16.4. The van der Waals surface area contributed by atoms with E-state index in [9.17, 15) is 0 Å². The summed E-state index contributed by atoms with van der Waals surface area (Å²) in [6.45, 7) is 0. The lowest BCUT2D eigenvalue weighted by molar-refractivity contribution is 0.669. The highest BCUT2D eigenvalue weighted by Crippen LogP contribution is 2.44. The monoisotopic (exact) mass is 816 g/mol. The van der Waals surface area contributed by atoms with Gasteiger partial charge in [-0.25, -0.2) is 15.0 Å². The highest BCUT2D eigenvalue weighted by Gasteiger charge is 2.25. The summed E-state index contributed by atoms with van der Waals surface area (Å²) < 4.78 is 9.19. The molecule has 5 nitrogen and oxygen atoms in total. The average molecular weight is 817 g/mol. The van der Waals surface area contributed by atoms with Crippen LogP contribution in [0.5, 0.6) is 0 Å². The molecule has 0 aliphatic rings. The van der Waals surface area contributed by atoms with Crippen LogP contribution in [-0.4, -0.2) is 19.5 Å². The number of hydrogen-bond acceptors (Lipinski definition) is 4. The van der Waals surface area contributed by atoms with Gasteiger partial charge in [-0.15, -0.1) is 0 Å². The maximum atomic E-state index is 6.80. The van der Waals surface area contributed by atoms with E-state index in [0.29, 0.717) is 17.5 Å². The largest absolute Gasteiger partial charge is 0.456 e. The molecule has 5 heteroatoms. The van der Waals surface area contributed by atoms with Gasteiger partial charge in [-0.2, -0.15) is 0 Å². The average Bonchev–Trinajstić information content (AvgIpc) is 3.89. The molecular weight excluding hydrogens is 781 g/mol. The van der Waals surface area contributed by atoms with Gasteiger partial charge in [-0.3, -0.25) is 0 Å². The molecule has 0 unspecified atom stereocenters. The van der Waals surface area contributed by atoms with Crippen LogP contribution in [0, 0.1) is 0 Å². The van der Waals surface area contributed by atoms with E-state index in [-0.39, 0.29) is 0 Å². The van der Waals surface area contributed by atoms with Gasteiger partial charge in [0.25, 0.3) is 0 Å². The normalized spacial score (nSPS) is 11.8. The lowest BCUT2D eigenvalue weighted by atomic mass is 10.00. The fourth-order valence-electron chi connectivity index (χ4n) is 9.53. The minimum atomic E-state index is 0.556. The van der Waals surface area contributed by atoms with Gasteiger partial charge in [-0.1, -0.05) is 170 Å².